The highest BCUT2D eigenvalue weighted by atomic mass is 16.5. The lowest BCUT2D eigenvalue weighted by atomic mass is 9.98. The van der Waals surface area contributed by atoms with Crippen molar-refractivity contribution in [3.05, 3.63) is 71.5 Å². The van der Waals surface area contributed by atoms with Gasteiger partial charge in [0, 0.05) is 13.0 Å². The quantitative estimate of drug-likeness (QED) is 0.668. The Morgan fingerprint density at radius 3 is 2.31 bits per heavy atom. The van der Waals surface area contributed by atoms with Crippen molar-refractivity contribution in [2.24, 2.45) is 7.05 Å². The average Bonchev–Trinajstić information content (AvgIpc) is 3.27. The minimum Gasteiger partial charge on any atom is -0.481 e. The van der Waals surface area contributed by atoms with E-state index in [1.807, 2.05) is 36.4 Å². The number of ether oxygens (including phenoxy) is 1. The number of benzene rings is 2. The summed E-state index contributed by atoms with van der Waals surface area (Å²) in [6.45, 7) is 0.156. The van der Waals surface area contributed by atoms with Crippen molar-refractivity contribution in [2.45, 2.75) is 18.4 Å². The van der Waals surface area contributed by atoms with Gasteiger partial charge in [-0.15, -0.1) is 5.10 Å². The third kappa shape index (κ3) is 3.69. The van der Waals surface area contributed by atoms with Crippen LogP contribution in [0.3, 0.4) is 0 Å². The number of nitrogens with zero attached hydrogens (tertiary/aromatic N) is 3. The second kappa shape index (κ2) is 7.75. The molecule has 8 heteroatoms. The molecule has 2 N–H and O–H groups in total. The van der Waals surface area contributed by atoms with E-state index in [-0.39, 0.29) is 18.9 Å². The van der Waals surface area contributed by atoms with Crippen molar-refractivity contribution in [2.75, 3.05) is 6.61 Å². The number of alkyl carbamates (subject to hydrolysis) is 1. The molecule has 8 nitrogen and oxygen atoms in total. The maximum Gasteiger partial charge on any atom is 0.407 e. The van der Waals surface area contributed by atoms with Gasteiger partial charge in [-0.3, -0.25) is 9.48 Å². The van der Waals surface area contributed by atoms with Crippen molar-refractivity contribution in [3.63, 3.8) is 0 Å². The largest absolute Gasteiger partial charge is 0.481 e. The first-order valence-electron chi connectivity index (χ1n) is 9.22. The highest BCUT2D eigenvalue weighted by Crippen LogP contribution is 2.44. The van der Waals surface area contributed by atoms with Gasteiger partial charge in [0.15, 0.2) is 0 Å². The standard InChI is InChI=1S/C21H20N4O4/c1-25-19(11-22-24-25)18(10-20(26)27)23-21(28)29-12-17-15-8-4-2-6-13(15)14-7-3-5-9-16(14)17/h2-9,11,17-18H,10,12H2,1H3,(H,23,28)(H,26,27)/t18-/m0/s1. The number of rotatable bonds is 6. The number of amides is 1. The Balaban J connectivity index is 1.48. The fourth-order valence-corrected chi connectivity index (χ4v) is 3.80. The van der Waals surface area contributed by atoms with Crippen LogP contribution < -0.4 is 5.32 Å². The number of aryl methyl sites for hydroxylation is 1. The van der Waals surface area contributed by atoms with E-state index >= 15 is 0 Å². The Kier molecular flexibility index (Phi) is 4.99. The van der Waals surface area contributed by atoms with Gasteiger partial charge in [0.25, 0.3) is 0 Å². The zero-order valence-corrected chi connectivity index (χ0v) is 15.8. The Bertz CT molecular complexity index is 1020. The Morgan fingerprint density at radius 2 is 1.76 bits per heavy atom. The van der Waals surface area contributed by atoms with E-state index in [4.69, 9.17) is 9.84 Å². The number of aliphatic carboxylic acids is 1. The van der Waals surface area contributed by atoms with Gasteiger partial charge in [0.1, 0.15) is 6.61 Å². The van der Waals surface area contributed by atoms with E-state index in [1.165, 1.54) is 10.9 Å². The van der Waals surface area contributed by atoms with Gasteiger partial charge in [-0.25, -0.2) is 4.79 Å². The summed E-state index contributed by atoms with van der Waals surface area (Å²) in [6, 6.07) is 15.3. The van der Waals surface area contributed by atoms with Gasteiger partial charge in [0.2, 0.25) is 0 Å². The molecule has 0 spiro atoms. The van der Waals surface area contributed by atoms with Gasteiger partial charge in [0.05, 0.1) is 24.4 Å². The molecule has 1 amide bonds. The van der Waals surface area contributed by atoms with E-state index in [9.17, 15) is 9.59 Å². The molecule has 0 radical (unpaired) electrons. The van der Waals surface area contributed by atoms with E-state index < -0.39 is 18.1 Å². The molecule has 0 saturated carbocycles. The van der Waals surface area contributed by atoms with Crippen molar-refractivity contribution in [1.29, 1.82) is 0 Å². The Morgan fingerprint density at radius 1 is 1.14 bits per heavy atom. The lowest BCUT2D eigenvalue weighted by Crippen LogP contribution is -2.32. The maximum atomic E-state index is 12.4. The topological polar surface area (TPSA) is 106 Å². The van der Waals surface area contributed by atoms with Crippen molar-refractivity contribution < 1.29 is 19.4 Å². The fourth-order valence-electron chi connectivity index (χ4n) is 3.80. The van der Waals surface area contributed by atoms with Crippen LogP contribution in [0.5, 0.6) is 0 Å². The van der Waals surface area contributed by atoms with Crippen molar-refractivity contribution >= 4 is 12.1 Å². The average molecular weight is 392 g/mol. The van der Waals surface area contributed by atoms with Gasteiger partial charge < -0.3 is 15.2 Å². The number of carbonyl (C=O) groups is 2. The number of fused-ring (bicyclic) bond motifs is 3. The normalized spacial score (nSPS) is 13.4. The monoisotopic (exact) mass is 392 g/mol. The van der Waals surface area contributed by atoms with Crippen LogP contribution in [0.4, 0.5) is 4.79 Å². The minimum absolute atomic E-state index is 0.0653. The number of carbonyl (C=O) groups excluding carboxylic acids is 1. The van der Waals surface area contributed by atoms with Crippen LogP contribution in [-0.2, 0) is 16.6 Å². The lowest BCUT2D eigenvalue weighted by Gasteiger charge is -2.18. The highest BCUT2D eigenvalue weighted by Gasteiger charge is 2.29. The molecule has 148 valence electrons. The first kappa shape index (κ1) is 18.7. The molecule has 0 fully saturated rings. The molecule has 1 heterocycles. The molecule has 0 unspecified atom stereocenters. The molecule has 29 heavy (non-hydrogen) atoms. The smallest absolute Gasteiger partial charge is 0.407 e. The molecule has 3 aromatic rings. The molecule has 1 aliphatic carbocycles. The third-order valence-electron chi connectivity index (χ3n) is 5.12. The van der Waals surface area contributed by atoms with E-state index in [2.05, 4.69) is 27.8 Å². The van der Waals surface area contributed by atoms with Crippen LogP contribution in [0.2, 0.25) is 0 Å². The Labute approximate surface area is 167 Å². The van der Waals surface area contributed by atoms with Gasteiger partial charge in [-0.2, -0.15) is 0 Å². The van der Waals surface area contributed by atoms with E-state index in [0.29, 0.717) is 5.69 Å². The van der Waals surface area contributed by atoms with Gasteiger partial charge >= 0.3 is 12.1 Å². The molecule has 4 rings (SSSR count). The number of aromatic nitrogens is 3. The van der Waals surface area contributed by atoms with Crippen LogP contribution >= 0.6 is 0 Å². The minimum atomic E-state index is -1.05. The fraction of sp³-hybridized carbons (Fsp3) is 0.238. The van der Waals surface area contributed by atoms with Crippen LogP contribution in [0.1, 0.15) is 35.2 Å². The summed E-state index contributed by atoms with van der Waals surface area (Å²) in [5.41, 5.74) is 4.99. The number of hydrogen-bond acceptors (Lipinski definition) is 5. The molecule has 1 aromatic heterocycles. The van der Waals surface area contributed by atoms with Crippen LogP contribution in [0, 0.1) is 0 Å². The first-order valence-corrected chi connectivity index (χ1v) is 9.22. The van der Waals surface area contributed by atoms with Crippen LogP contribution in [0.15, 0.2) is 54.7 Å². The molecule has 1 aliphatic rings. The molecule has 0 bridgehead atoms. The summed E-state index contributed by atoms with van der Waals surface area (Å²) in [4.78, 5) is 23.6. The van der Waals surface area contributed by atoms with E-state index in [0.717, 1.165) is 22.3 Å². The number of carboxylic acids is 1. The second-order valence-electron chi connectivity index (χ2n) is 6.90. The molecule has 0 saturated heterocycles. The lowest BCUT2D eigenvalue weighted by molar-refractivity contribution is -0.137. The van der Waals surface area contributed by atoms with Crippen molar-refractivity contribution in [1.82, 2.24) is 20.3 Å². The number of hydrogen-bond donors (Lipinski definition) is 2. The van der Waals surface area contributed by atoms with Crippen molar-refractivity contribution in [3.8, 4) is 11.1 Å². The predicted octanol–water partition coefficient (Wildman–Crippen LogP) is 2.87. The zero-order valence-electron chi connectivity index (χ0n) is 15.8. The predicted molar refractivity (Wildman–Crippen MR) is 104 cm³/mol. The Hall–Kier alpha value is -3.68. The molecule has 0 aliphatic heterocycles. The maximum absolute atomic E-state index is 12.4. The molecular weight excluding hydrogens is 372 g/mol. The second-order valence-corrected chi connectivity index (χ2v) is 6.90. The van der Waals surface area contributed by atoms with Crippen LogP contribution in [0.25, 0.3) is 11.1 Å². The summed E-state index contributed by atoms with van der Waals surface area (Å²) in [7, 11) is 1.64. The van der Waals surface area contributed by atoms with Gasteiger partial charge in [-0.1, -0.05) is 53.7 Å². The summed E-state index contributed by atoms with van der Waals surface area (Å²) in [6.07, 6.45) is 0.447. The summed E-state index contributed by atoms with van der Waals surface area (Å²) >= 11 is 0. The molecular formula is C21H20N4O4. The first-order chi connectivity index (χ1) is 14.0. The molecule has 1 atom stereocenters. The van der Waals surface area contributed by atoms with Crippen LogP contribution in [-0.4, -0.2) is 38.8 Å². The summed E-state index contributed by atoms with van der Waals surface area (Å²) in [5.74, 6) is -1.11. The highest BCUT2D eigenvalue weighted by molar-refractivity contribution is 5.79. The zero-order chi connectivity index (χ0) is 20.4. The number of nitrogens with one attached hydrogen (secondary N) is 1. The number of carboxylic acid groups (broad SMARTS) is 1. The van der Waals surface area contributed by atoms with E-state index in [1.54, 1.807) is 7.05 Å². The third-order valence-corrected chi connectivity index (χ3v) is 5.12. The summed E-state index contributed by atoms with van der Waals surface area (Å²) < 4.78 is 6.92. The van der Waals surface area contributed by atoms with Gasteiger partial charge in [-0.05, 0) is 22.3 Å². The summed E-state index contributed by atoms with van der Waals surface area (Å²) in [5, 5.41) is 19.3. The SMILES string of the molecule is Cn1nncc1[C@H](CC(=O)O)NC(=O)OCC1c2ccccc2-c2ccccc21. The molecule has 2 aromatic carbocycles.